The van der Waals surface area contributed by atoms with Gasteiger partial charge < -0.3 is 14.4 Å². The summed E-state index contributed by atoms with van der Waals surface area (Å²) in [5.41, 5.74) is 0.254. The van der Waals surface area contributed by atoms with Crippen molar-refractivity contribution in [2.45, 2.75) is 6.54 Å². The zero-order valence-corrected chi connectivity index (χ0v) is 13.1. The van der Waals surface area contributed by atoms with Crippen molar-refractivity contribution in [3.8, 4) is 0 Å². The molecule has 0 radical (unpaired) electrons. The van der Waals surface area contributed by atoms with Crippen molar-refractivity contribution in [1.82, 2.24) is 14.5 Å². The molecule has 1 saturated heterocycles. The number of piperazine rings is 1. The number of anilines is 1. The second-order valence-electron chi connectivity index (χ2n) is 5.65. The Hall–Kier alpha value is -2.77. The molecule has 1 amide bonds. The summed E-state index contributed by atoms with van der Waals surface area (Å²) in [5, 5.41) is 0. The smallest absolute Gasteiger partial charge is 0.293 e. The first-order valence-electron chi connectivity index (χ1n) is 7.44. The minimum absolute atomic E-state index is 0.0237. The molecule has 0 unspecified atom stereocenters. The number of aromatic nitrogens is 2. The first kappa shape index (κ1) is 16.1. The average Bonchev–Trinajstić information content (AvgIpc) is 2.55. The maximum Gasteiger partial charge on any atom is 0.293 e. The predicted molar refractivity (Wildman–Crippen MR) is 83.5 cm³/mol. The van der Waals surface area contributed by atoms with Crippen LogP contribution in [0.4, 0.5) is 14.6 Å². The number of hydrogen-bond acceptors (Lipinski definition) is 4. The molecule has 6 nitrogen and oxygen atoms in total. The van der Waals surface area contributed by atoms with Crippen LogP contribution in [0.15, 0.2) is 35.4 Å². The number of hydrogen-bond donors (Lipinski definition) is 0. The van der Waals surface area contributed by atoms with Gasteiger partial charge in [-0.1, -0.05) is 6.07 Å². The summed E-state index contributed by atoms with van der Waals surface area (Å²) in [4.78, 5) is 31.6. The fraction of sp³-hybridized carbons (Fsp3) is 0.312. The molecule has 24 heavy (non-hydrogen) atoms. The van der Waals surface area contributed by atoms with Crippen LogP contribution in [-0.2, 0) is 18.4 Å². The number of rotatable bonds is 3. The summed E-state index contributed by atoms with van der Waals surface area (Å²) in [6, 6.07) is 3.58. The van der Waals surface area contributed by atoms with Crippen LogP contribution in [0.5, 0.6) is 0 Å². The lowest BCUT2D eigenvalue weighted by molar-refractivity contribution is -0.131. The summed E-state index contributed by atoms with van der Waals surface area (Å²) < 4.78 is 27.6. The topological polar surface area (TPSA) is 58.4 Å². The molecule has 0 atom stereocenters. The SMILES string of the molecule is Cn1ccnc(N2CCN(Cc3ccc(F)c(F)c3)C(=O)C2)c1=O. The largest absolute Gasteiger partial charge is 0.341 e. The Kier molecular flexibility index (Phi) is 4.28. The molecule has 1 aliphatic rings. The zero-order valence-electron chi connectivity index (χ0n) is 13.1. The summed E-state index contributed by atoms with van der Waals surface area (Å²) in [6.45, 7) is 1.04. The van der Waals surface area contributed by atoms with Crippen LogP contribution in [0.1, 0.15) is 5.56 Å². The molecule has 0 aliphatic carbocycles. The number of benzene rings is 1. The Bertz CT molecular complexity index is 837. The molecule has 1 aliphatic heterocycles. The van der Waals surface area contributed by atoms with Gasteiger partial charge >= 0.3 is 0 Å². The number of nitrogens with zero attached hydrogens (tertiary/aromatic N) is 4. The Labute approximate surface area is 136 Å². The van der Waals surface area contributed by atoms with Crippen LogP contribution in [-0.4, -0.2) is 40.0 Å². The van der Waals surface area contributed by atoms with E-state index in [9.17, 15) is 18.4 Å². The Morgan fingerprint density at radius 1 is 1.17 bits per heavy atom. The number of aryl methyl sites for hydroxylation is 1. The van der Waals surface area contributed by atoms with Crippen LogP contribution >= 0.6 is 0 Å². The van der Waals surface area contributed by atoms with E-state index in [2.05, 4.69) is 4.98 Å². The standard InChI is InChI=1S/C16H16F2N4O2/c1-20-5-4-19-15(16(20)24)22-7-6-21(14(23)10-22)9-11-2-3-12(17)13(18)8-11/h2-5,8H,6-7,9-10H2,1H3. The molecule has 2 heterocycles. The Morgan fingerprint density at radius 2 is 1.96 bits per heavy atom. The van der Waals surface area contributed by atoms with Crippen LogP contribution in [0.2, 0.25) is 0 Å². The number of halogens is 2. The minimum Gasteiger partial charge on any atom is -0.341 e. The summed E-state index contributed by atoms with van der Waals surface area (Å²) in [7, 11) is 1.62. The van der Waals surface area contributed by atoms with Gasteiger partial charge in [0.2, 0.25) is 5.91 Å². The highest BCUT2D eigenvalue weighted by atomic mass is 19.2. The molecule has 0 spiro atoms. The number of carbonyl (C=O) groups excluding carboxylic acids is 1. The lowest BCUT2D eigenvalue weighted by Crippen LogP contribution is -2.51. The van der Waals surface area contributed by atoms with Crippen LogP contribution in [0.25, 0.3) is 0 Å². The molecule has 8 heteroatoms. The third-order valence-electron chi connectivity index (χ3n) is 3.97. The van der Waals surface area contributed by atoms with E-state index >= 15 is 0 Å². The molecular formula is C16H16F2N4O2. The van der Waals surface area contributed by atoms with Gasteiger partial charge in [0.25, 0.3) is 5.56 Å². The molecule has 1 aromatic carbocycles. The molecule has 0 bridgehead atoms. The van der Waals surface area contributed by atoms with E-state index in [0.29, 0.717) is 18.7 Å². The van der Waals surface area contributed by atoms with E-state index in [-0.39, 0.29) is 30.4 Å². The molecule has 0 saturated carbocycles. The Morgan fingerprint density at radius 3 is 2.67 bits per heavy atom. The van der Waals surface area contributed by atoms with Crippen molar-refractivity contribution in [3.05, 3.63) is 58.1 Å². The van der Waals surface area contributed by atoms with E-state index < -0.39 is 11.6 Å². The Balaban J connectivity index is 1.71. The van der Waals surface area contributed by atoms with Crippen molar-refractivity contribution >= 4 is 11.7 Å². The minimum atomic E-state index is -0.935. The first-order chi connectivity index (χ1) is 11.5. The van der Waals surface area contributed by atoms with Gasteiger partial charge in [-0.3, -0.25) is 9.59 Å². The van der Waals surface area contributed by atoms with E-state index in [1.807, 2.05) is 0 Å². The summed E-state index contributed by atoms with van der Waals surface area (Å²) in [5.74, 6) is -1.81. The lowest BCUT2D eigenvalue weighted by atomic mass is 10.2. The van der Waals surface area contributed by atoms with Gasteiger partial charge in [0.15, 0.2) is 17.5 Å². The monoisotopic (exact) mass is 334 g/mol. The van der Waals surface area contributed by atoms with Crippen molar-refractivity contribution < 1.29 is 13.6 Å². The van der Waals surface area contributed by atoms with E-state index in [4.69, 9.17) is 0 Å². The van der Waals surface area contributed by atoms with E-state index in [1.165, 1.54) is 16.8 Å². The highest BCUT2D eigenvalue weighted by molar-refractivity contribution is 5.82. The second kappa shape index (κ2) is 6.38. The fourth-order valence-corrected chi connectivity index (χ4v) is 2.62. The van der Waals surface area contributed by atoms with Gasteiger partial charge in [0, 0.05) is 39.1 Å². The molecule has 0 N–H and O–H groups in total. The normalized spacial score (nSPS) is 15.0. The summed E-state index contributed by atoms with van der Waals surface area (Å²) >= 11 is 0. The lowest BCUT2D eigenvalue weighted by Gasteiger charge is -2.34. The molecule has 126 valence electrons. The quantitative estimate of drug-likeness (QED) is 0.837. The van der Waals surface area contributed by atoms with Crippen molar-refractivity contribution in [1.29, 1.82) is 0 Å². The fourth-order valence-electron chi connectivity index (χ4n) is 2.62. The molecule has 2 aromatic rings. The second-order valence-corrected chi connectivity index (χ2v) is 5.65. The molecule has 1 aromatic heterocycles. The number of amides is 1. The predicted octanol–water partition coefficient (Wildman–Crippen LogP) is 0.907. The molecular weight excluding hydrogens is 318 g/mol. The van der Waals surface area contributed by atoms with Gasteiger partial charge in [-0.2, -0.15) is 0 Å². The maximum atomic E-state index is 13.3. The maximum absolute atomic E-state index is 13.3. The zero-order chi connectivity index (χ0) is 17.3. The number of carbonyl (C=O) groups is 1. The van der Waals surface area contributed by atoms with Crippen molar-refractivity contribution in [3.63, 3.8) is 0 Å². The summed E-state index contributed by atoms with van der Waals surface area (Å²) in [6.07, 6.45) is 3.06. The highest BCUT2D eigenvalue weighted by Crippen LogP contribution is 2.15. The molecule has 1 fully saturated rings. The van der Waals surface area contributed by atoms with Crippen LogP contribution in [0.3, 0.4) is 0 Å². The third kappa shape index (κ3) is 3.12. The van der Waals surface area contributed by atoms with Gasteiger partial charge in [-0.05, 0) is 17.7 Å². The van der Waals surface area contributed by atoms with Crippen molar-refractivity contribution in [2.24, 2.45) is 7.05 Å². The van der Waals surface area contributed by atoms with Gasteiger partial charge in [0.05, 0.1) is 6.54 Å². The average molecular weight is 334 g/mol. The van der Waals surface area contributed by atoms with Crippen LogP contribution in [0, 0.1) is 11.6 Å². The first-order valence-corrected chi connectivity index (χ1v) is 7.44. The van der Waals surface area contributed by atoms with Crippen molar-refractivity contribution in [2.75, 3.05) is 24.5 Å². The van der Waals surface area contributed by atoms with Gasteiger partial charge in [-0.25, -0.2) is 13.8 Å². The van der Waals surface area contributed by atoms with E-state index in [1.54, 1.807) is 23.0 Å². The third-order valence-corrected chi connectivity index (χ3v) is 3.97. The van der Waals surface area contributed by atoms with E-state index in [0.717, 1.165) is 12.1 Å². The molecule has 3 rings (SSSR count). The van der Waals surface area contributed by atoms with Gasteiger partial charge in [-0.15, -0.1) is 0 Å². The highest BCUT2D eigenvalue weighted by Gasteiger charge is 2.26. The van der Waals surface area contributed by atoms with Crippen LogP contribution < -0.4 is 10.5 Å². The van der Waals surface area contributed by atoms with Gasteiger partial charge in [0.1, 0.15) is 0 Å².